The number of fused-ring (bicyclic) bond motifs is 1. The molecule has 1 N–H and O–H groups in total. The van der Waals surface area contributed by atoms with Crippen LogP contribution in [0.5, 0.6) is 11.5 Å². The number of benzene rings is 1. The SMILES string of the molecule is COc1ccc2nc(N3CCNCC3COc3cncc(C)c3)sc2c1. The standard InChI is InChI=1S/C19H22N4O2S/c1-13-7-16(11-21-9-13)25-12-14-10-20-5-6-23(14)19-22-17-4-3-15(24-2)8-18(17)26-19/h3-4,7-9,11,14,20H,5-6,10,12H2,1-2H3. The molecule has 136 valence electrons. The summed E-state index contributed by atoms with van der Waals surface area (Å²) in [6.45, 7) is 5.35. The molecule has 1 aromatic carbocycles. The highest BCUT2D eigenvalue weighted by Crippen LogP contribution is 2.32. The molecule has 26 heavy (non-hydrogen) atoms. The summed E-state index contributed by atoms with van der Waals surface area (Å²) in [4.78, 5) is 11.4. The van der Waals surface area contributed by atoms with Gasteiger partial charge < -0.3 is 19.7 Å². The van der Waals surface area contributed by atoms with Gasteiger partial charge in [-0.05, 0) is 36.8 Å². The quantitative estimate of drug-likeness (QED) is 0.745. The molecule has 6 nitrogen and oxygen atoms in total. The Morgan fingerprint density at radius 3 is 3.04 bits per heavy atom. The lowest BCUT2D eigenvalue weighted by Gasteiger charge is -2.35. The maximum absolute atomic E-state index is 6.00. The Hall–Kier alpha value is -2.38. The van der Waals surface area contributed by atoms with Crippen molar-refractivity contribution in [2.75, 3.05) is 38.3 Å². The van der Waals surface area contributed by atoms with Gasteiger partial charge in [0.25, 0.3) is 0 Å². The first-order valence-electron chi connectivity index (χ1n) is 8.69. The van der Waals surface area contributed by atoms with Gasteiger partial charge in [-0.25, -0.2) is 4.98 Å². The van der Waals surface area contributed by atoms with Crippen LogP contribution in [0, 0.1) is 6.92 Å². The number of pyridine rings is 1. The highest BCUT2D eigenvalue weighted by Gasteiger charge is 2.25. The lowest BCUT2D eigenvalue weighted by atomic mass is 10.2. The van der Waals surface area contributed by atoms with Crippen LogP contribution in [0.25, 0.3) is 10.2 Å². The van der Waals surface area contributed by atoms with Crippen LogP contribution in [0.4, 0.5) is 5.13 Å². The van der Waals surface area contributed by atoms with E-state index in [0.29, 0.717) is 6.61 Å². The molecule has 0 spiro atoms. The van der Waals surface area contributed by atoms with Gasteiger partial charge in [-0.2, -0.15) is 0 Å². The molecule has 1 saturated heterocycles. The zero-order chi connectivity index (χ0) is 17.9. The number of ether oxygens (including phenoxy) is 2. The largest absolute Gasteiger partial charge is 0.497 e. The van der Waals surface area contributed by atoms with Crippen LogP contribution in [0.3, 0.4) is 0 Å². The summed E-state index contributed by atoms with van der Waals surface area (Å²) in [5.41, 5.74) is 2.10. The smallest absolute Gasteiger partial charge is 0.186 e. The van der Waals surface area contributed by atoms with Crippen molar-refractivity contribution < 1.29 is 9.47 Å². The van der Waals surface area contributed by atoms with Gasteiger partial charge in [0.1, 0.15) is 18.1 Å². The molecule has 0 aliphatic carbocycles. The summed E-state index contributed by atoms with van der Waals surface area (Å²) in [6.07, 6.45) is 3.59. The molecular weight excluding hydrogens is 348 g/mol. The fraction of sp³-hybridized carbons (Fsp3) is 0.368. The van der Waals surface area contributed by atoms with Crippen molar-refractivity contribution in [3.05, 3.63) is 42.2 Å². The summed E-state index contributed by atoms with van der Waals surface area (Å²) in [5, 5.41) is 4.49. The number of nitrogens with one attached hydrogen (secondary N) is 1. The number of aromatic nitrogens is 2. The van der Waals surface area contributed by atoms with E-state index >= 15 is 0 Å². The third-order valence-electron chi connectivity index (χ3n) is 4.47. The summed E-state index contributed by atoms with van der Waals surface area (Å²) in [5.74, 6) is 1.67. The Kier molecular flexibility index (Phi) is 4.90. The van der Waals surface area contributed by atoms with Crippen LogP contribution in [0.15, 0.2) is 36.7 Å². The molecule has 0 saturated carbocycles. The van der Waals surface area contributed by atoms with Crippen molar-refractivity contribution in [2.24, 2.45) is 0 Å². The van der Waals surface area contributed by atoms with Crippen molar-refractivity contribution in [3.63, 3.8) is 0 Å². The van der Waals surface area contributed by atoms with E-state index in [2.05, 4.69) is 15.2 Å². The molecule has 1 atom stereocenters. The van der Waals surface area contributed by atoms with E-state index in [0.717, 1.165) is 52.0 Å². The minimum Gasteiger partial charge on any atom is -0.497 e. The van der Waals surface area contributed by atoms with Gasteiger partial charge in [0.15, 0.2) is 5.13 Å². The number of thiazole rings is 1. The summed E-state index contributed by atoms with van der Waals surface area (Å²) in [6, 6.07) is 8.25. The zero-order valence-corrected chi connectivity index (χ0v) is 15.8. The minimum atomic E-state index is 0.228. The van der Waals surface area contributed by atoms with E-state index in [1.165, 1.54) is 0 Å². The van der Waals surface area contributed by atoms with E-state index in [-0.39, 0.29) is 6.04 Å². The molecule has 0 bridgehead atoms. The number of hydrogen-bond donors (Lipinski definition) is 1. The van der Waals surface area contributed by atoms with E-state index in [1.807, 2.05) is 37.4 Å². The molecule has 1 fully saturated rings. The third kappa shape index (κ3) is 3.59. The minimum absolute atomic E-state index is 0.228. The Bertz CT molecular complexity index is 898. The molecule has 3 heterocycles. The first-order valence-corrected chi connectivity index (χ1v) is 9.51. The summed E-state index contributed by atoms with van der Waals surface area (Å²) < 4.78 is 12.5. The van der Waals surface area contributed by atoms with Gasteiger partial charge in [0.05, 0.1) is 29.6 Å². The first-order chi connectivity index (χ1) is 12.7. The second-order valence-electron chi connectivity index (χ2n) is 6.39. The zero-order valence-electron chi connectivity index (χ0n) is 14.9. The number of anilines is 1. The van der Waals surface area contributed by atoms with Crippen LogP contribution >= 0.6 is 11.3 Å². The van der Waals surface area contributed by atoms with Gasteiger partial charge in [0, 0.05) is 25.8 Å². The maximum atomic E-state index is 6.00. The fourth-order valence-electron chi connectivity index (χ4n) is 3.10. The topological polar surface area (TPSA) is 59.5 Å². The van der Waals surface area contributed by atoms with E-state index in [1.54, 1.807) is 24.6 Å². The third-order valence-corrected chi connectivity index (χ3v) is 5.53. The molecule has 0 radical (unpaired) electrons. The van der Waals surface area contributed by atoms with Crippen molar-refractivity contribution in [1.82, 2.24) is 15.3 Å². The number of methoxy groups -OCH3 is 1. The second kappa shape index (κ2) is 7.47. The molecular formula is C19H22N4O2S. The van der Waals surface area contributed by atoms with Gasteiger partial charge in [-0.3, -0.25) is 4.98 Å². The molecule has 1 aliphatic rings. The van der Waals surface area contributed by atoms with Crippen molar-refractivity contribution in [3.8, 4) is 11.5 Å². The summed E-state index contributed by atoms with van der Waals surface area (Å²) in [7, 11) is 1.69. The summed E-state index contributed by atoms with van der Waals surface area (Å²) >= 11 is 1.70. The molecule has 1 aliphatic heterocycles. The monoisotopic (exact) mass is 370 g/mol. The normalized spacial score (nSPS) is 17.5. The molecule has 7 heteroatoms. The predicted molar refractivity (Wildman–Crippen MR) is 105 cm³/mol. The van der Waals surface area contributed by atoms with E-state index in [4.69, 9.17) is 14.5 Å². The lowest BCUT2D eigenvalue weighted by molar-refractivity contribution is 0.266. The Balaban J connectivity index is 1.53. The average Bonchev–Trinajstić information content (AvgIpc) is 3.09. The molecule has 4 rings (SSSR count). The Morgan fingerprint density at radius 1 is 1.27 bits per heavy atom. The van der Waals surface area contributed by atoms with Crippen LogP contribution in [0.2, 0.25) is 0 Å². The van der Waals surface area contributed by atoms with E-state index in [9.17, 15) is 0 Å². The molecule has 0 amide bonds. The number of piperazine rings is 1. The van der Waals surface area contributed by atoms with E-state index < -0.39 is 0 Å². The number of nitrogens with zero attached hydrogens (tertiary/aromatic N) is 3. The van der Waals surface area contributed by atoms with Gasteiger partial charge in [-0.15, -0.1) is 0 Å². The average molecular weight is 370 g/mol. The molecule has 1 unspecified atom stereocenters. The van der Waals surface area contributed by atoms with Crippen LogP contribution < -0.4 is 19.7 Å². The first kappa shape index (κ1) is 17.1. The number of hydrogen-bond acceptors (Lipinski definition) is 7. The second-order valence-corrected chi connectivity index (χ2v) is 7.40. The molecule has 2 aromatic heterocycles. The van der Waals surface area contributed by atoms with Gasteiger partial charge in [-0.1, -0.05) is 11.3 Å². The van der Waals surface area contributed by atoms with Crippen molar-refractivity contribution >= 4 is 26.7 Å². The van der Waals surface area contributed by atoms with Crippen LogP contribution in [-0.4, -0.2) is 49.4 Å². The fourth-order valence-corrected chi connectivity index (χ4v) is 4.19. The van der Waals surface area contributed by atoms with Gasteiger partial charge in [0.2, 0.25) is 0 Å². The highest BCUT2D eigenvalue weighted by atomic mass is 32.1. The van der Waals surface area contributed by atoms with Crippen molar-refractivity contribution in [2.45, 2.75) is 13.0 Å². The number of rotatable bonds is 5. The van der Waals surface area contributed by atoms with Crippen molar-refractivity contribution in [1.29, 1.82) is 0 Å². The maximum Gasteiger partial charge on any atom is 0.186 e. The Labute approximate surface area is 156 Å². The molecule has 3 aromatic rings. The van der Waals surface area contributed by atoms with Gasteiger partial charge >= 0.3 is 0 Å². The Morgan fingerprint density at radius 2 is 2.19 bits per heavy atom. The highest BCUT2D eigenvalue weighted by molar-refractivity contribution is 7.22. The number of aryl methyl sites for hydroxylation is 1. The van der Waals surface area contributed by atoms with Crippen LogP contribution in [-0.2, 0) is 0 Å². The predicted octanol–water partition coefficient (Wildman–Crippen LogP) is 2.87. The lowest BCUT2D eigenvalue weighted by Crippen LogP contribution is -2.54. The van der Waals surface area contributed by atoms with Crippen LogP contribution in [0.1, 0.15) is 5.56 Å².